The van der Waals surface area contributed by atoms with Crippen molar-refractivity contribution in [3.05, 3.63) is 65.2 Å². The Kier molecular flexibility index (Phi) is 8.27. The van der Waals surface area contributed by atoms with Crippen LogP contribution < -0.4 is 20.5 Å². The molecule has 0 spiro atoms. The van der Waals surface area contributed by atoms with E-state index >= 15 is 0 Å². The number of aryl methyl sites for hydroxylation is 1. The molecule has 0 aromatic heterocycles. The van der Waals surface area contributed by atoms with Crippen LogP contribution in [0.25, 0.3) is 6.08 Å². The van der Waals surface area contributed by atoms with Gasteiger partial charge in [-0.15, -0.1) is 0 Å². The van der Waals surface area contributed by atoms with Crippen LogP contribution in [0, 0.1) is 11.3 Å². The maximum Gasteiger partial charge on any atom is 0.261 e. The summed E-state index contributed by atoms with van der Waals surface area (Å²) in [6.07, 6.45) is 3.08. The van der Waals surface area contributed by atoms with Gasteiger partial charge in [-0.2, -0.15) is 5.26 Å². The van der Waals surface area contributed by atoms with E-state index in [1.165, 1.54) is 18.7 Å². The number of primary amides is 1. The molecule has 3 N–H and O–H groups in total. The van der Waals surface area contributed by atoms with Gasteiger partial charge in [-0.1, -0.05) is 36.4 Å². The molecule has 7 heteroatoms. The first kappa shape index (κ1) is 21.5. The van der Waals surface area contributed by atoms with E-state index in [2.05, 4.69) is 5.32 Å². The minimum Gasteiger partial charge on any atom is -0.493 e. The molecular formula is C22H23N3O4. The van der Waals surface area contributed by atoms with Crippen molar-refractivity contribution < 1.29 is 19.1 Å². The first-order chi connectivity index (χ1) is 14.0. The number of hydrogen-bond acceptors (Lipinski definition) is 5. The Balaban J connectivity index is 1.97. The number of carbonyl (C=O) groups is 2. The van der Waals surface area contributed by atoms with Gasteiger partial charge in [0.05, 0.1) is 7.11 Å². The third-order valence-corrected chi connectivity index (χ3v) is 4.00. The number of methoxy groups -OCH3 is 1. The number of rotatable bonds is 10. The fourth-order valence-electron chi connectivity index (χ4n) is 2.59. The number of amides is 2. The summed E-state index contributed by atoms with van der Waals surface area (Å²) >= 11 is 0. The Morgan fingerprint density at radius 1 is 1.17 bits per heavy atom. The number of ether oxygens (including phenoxy) is 2. The summed E-state index contributed by atoms with van der Waals surface area (Å²) in [5, 5.41) is 12.1. The molecule has 0 bridgehead atoms. The van der Waals surface area contributed by atoms with E-state index in [-0.39, 0.29) is 12.2 Å². The number of nitrogens with two attached hydrogens (primary N) is 1. The lowest BCUT2D eigenvalue weighted by atomic mass is 10.1. The topological polar surface area (TPSA) is 114 Å². The van der Waals surface area contributed by atoms with Crippen LogP contribution in [0.3, 0.4) is 0 Å². The van der Waals surface area contributed by atoms with E-state index in [0.717, 1.165) is 12.8 Å². The molecule has 0 aliphatic carbocycles. The van der Waals surface area contributed by atoms with Crippen LogP contribution in [-0.4, -0.2) is 32.1 Å². The molecule has 2 aromatic rings. The van der Waals surface area contributed by atoms with Crippen molar-refractivity contribution in [2.24, 2.45) is 5.73 Å². The van der Waals surface area contributed by atoms with Crippen molar-refractivity contribution in [1.29, 1.82) is 5.26 Å². The largest absolute Gasteiger partial charge is 0.493 e. The van der Waals surface area contributed by atoms with Crippen LogP contribution in [0.15, 0.2) is 54.1 Å². The summed E-state index contributed by atoms with van der Waals surface area (Å²) in [4.78, 5) is 23.1. The van der Waals surface area contributed by atoms with Crippen molar-refractivity contribution >= 4 is 17.9 Å². The van der Waals surface area contributed by atoms with E-state index < -0.39 is 11.8 Å². The zero-order valence-electron chi connectivity index (χ0n) is 16.2. The normalized spacial score (nSPS) is 10.7. The van der Waals surface area contributed by atoms with Gasteiger partial charge in [-0.3, -0.25) is 9.59 Å². The molecule has 2 rings (SSSR count). The average Bonchev–Trinajstić information content (AvgIpc) is 2.74. The molecule has 7 nitrogen and oxygen atoms in total. The molecule has 2 amide bonds. The van der Waals surface area contributed by atoms with Gasteiger partial charge in [0.2, 0.25) is 0 Å². The van der Waals surface area contributed by atoms with Crippen molar-refractivity contribution in [3.63, 3.8) is 0 Å². The second-order valence-electron chi connectivity index (χ2n) is 6.18. The summed E-state index contributed by atoms with van der Waals surface area (Å²) in [5.74, 6) is -0.340. The highest BCUT2D eigenvalue weighted by Crippen LogP contribution is 2.28. The Morgan fingerprint density at radius 3 is 2.59 bits per heavy atom. The van der Waals surface area contributed by atoms with Crippen LogP contribution in [-0.2, 0) is 16.0 Å². The fraction of sp³-hybridized carbons (Fsp3) is 0.227. The first-order valence-electron chi connectivity index (χ1n) is 9.06. The molecular weight excluding hydrogens is 370 g/mol. The quantitative estimate of drug-likeness (QED) is 0.365. The van der Waals surface area contributed by atoms with Crippen LogP contribution in [0.1, 0.15) is 17.5 Å². The molecule has 0 aliphatic rings. The van der Waals surface area contributed by atoms with Gasteiger partial charge >= 0.3 is 0 Å². The van der Waals surface area contributed by atoms with Gasteiger partial charge in [0, 0.05) is 6.54 Å². The molecule has 0 atom stereocenters. The highest BCUT2D eigenvalue weighted by Gasteiger charge is 2.11. The van der Waals surface area contributed by atoms with E-state index in [0.29, 0.717) is 23.6 Å². The van der Waals surface area contributed by atoms with E-state index in [1.54, 1.807) is 18.2 Å². The molecule has 29 heavy (non-hydrogen) atoms. The van der Waals surface area contributed by atoms with E-state index in [4.69, 9.17) is 15.2 Å². The van der Waals surface area contributed by atoms with Gasteiger partial charge in [-0.25, -0.2) is 0 Å². The molecule has 150 valence electrons. The highest BCUT2D eigenvalue weighted by molar-refractivity contribution is 6.01. The second kappa shape index (κ2) is 11.1. The van der Waals surface area contributed by atoms with Crippen LogP contribution >= 0.6 is 0 Å². The van der Waals surface area contributed by atoms with Gasteiger partial charge in [0.15, 0.2) is 18.1 Å². The predicted octanol–water partition coefficient (Wildman–Crippen LogP) is 2.22. The maximum absolute atomic E-state index is 12.3. The van der Waals surface area contributed by atoms with E-state index in [1.807, 2.05) is 36.4 Å². The fourth-order valence-corrected chi connectivity index (χ4v) is 2.59. The number of hydrogen-bond donors (Lipinski definition) is 2. The standard InChI is InChI=1S/C22H23N3O4/c1-28-20-13-17(9-10-19(20)29-15-21(24)26)12-18(14-23)22(27)25-11-5-8-16-6-3-2-4-7-16/h2-4,6-7,9-10,12-13H,5,8,11,15H2,1H3,(H2,24,26)(H,25,27)/b18-12-. The lowest BCUT2D eigenvalue weighted by Crippen LogP contribution is -2.25. The molecule has 0 fully saturated rings. The van der Waals surface area contributed by atoms with Gasteiger partial charge in [-0.05, 0) is 42.2 Å². The Hall–Kier alpha value is -3.79. The minimum absolute atomic E-state index is 0.0161. The predicted molar refractivity (Wildman–Crippen MR) is 109 cm³/mol. The lowest BCUT2D eigenvalue weighted by Gasteiger charge is -2.10. The smallest absolute Gasteiger partial charge is 0.261 e. The average molecular weight is 393 g/mol. The van der Waals surface area contributed by atoms with Crippen molar-refractivity contribution in [2.75, 3.05) is 20.3 Å². The summed E-state index contributed by atoms with van der Waals surface area (Å²) in [5.41, 5.74) is 6.84. The maximum atomic E-state index is 12.3. The SMILES string of the molecule is COc1cc(/C=C(/C#N)C(=O)NCCCc2ccccc2)ccc1OCC(N)=O. The molecule has 0 radical (unpaired) electrons. The summed E-state index contributed by atoms with van der Waals surface area (Å²) < 4.78 is 10.5. The van der Waals surface area contributed by atoms with Crippen LogP contribution in [0.5, 0.6) is 11.5 Å². The Labute approximate surface area is 169 Å². The molecule has 2 aromatic carbocycles. The minimum atomic E-state index is -0.605. The molecule has 0 saturated carbocycles. The molecule has 0 saturated heterocycles. The zero-order chi connectivity index (χ0) is 21.1. The number of nitrogens with one attached hydrogen (secondary N) is 1. The number of carbonyl (C=O) groups excluding carboxylic acids is 2. The van der Waals surface area contributed by atoms with Crippen molar-refractivity contribution in [2.45, 2.75) is 12.8 Å². The van der Waals surface area contributed by atoms with Crippen LogP contribution in [0.4, 0.5) is 0 Å². The van der Waals surface area contributed by atoms with Gasteiger partial charge in [0.1, 0.15) is 11.6 Å². The summed E-state index contributed by atoms with van der Waals surface area (Å²) in [7, 11) is 1.45. The molecule has 0 aliphatic heterocycles. The number of nitriles is 1. The third-order valence-electron chi connectivity index (χ3n) is 4.00. The Morgan fingerprint density at radius 2 is 1.93 bits per heavy atom. The monoisotopic (exact) mass is 393 g/mol. The summed E-state index contributed by atoms with van der Waals surface area (Å²) in [6.45, 7) is 0.191. The first-order valence-corrected chi connectivity index (χ1v) is 9.06. The van der Waals surface area contributed by atoms with Gasteiger partial charge < -0.3 is 20.5 Å². The zero-order valence-corrected chi connectivity index (χ0v) is 16.2. The summed E-state index contributed by atoms with van der Waals surface area (Å²) in [6, 6.07) is 16.7. The van der Waals surface area contributed by atoms with E-state index in [9.17, 15) is 14.9 Å². The lowest BCUT2D eigenvalue weighted by molar-refractivity contribution is -0.120. The van der Waals surface area contributed by atoms with Gasteiger partial charge in [0.25, 0.3) is 11.8 Å². The van der Waals surface area contributed by atoms with Crippen molar-refractivity contribution in [3.8, 4) is 17.6 Å². The van der Waals surface area contributed by atoms with Crippen LogP contribution in [0.2, 0.25) is 0 Å². The number of nitrogens with zero attached hydrogens (tertiary/aromatic N) is 1. The number of benzene rings is 2. The van der Waals surface area contributed by atoms with Crippen molar-refractivity contribution in [1.82, 2.24) is 5.32 Å². The highest BCUT2D eigenvalue weighted by atomic mass is 16.5. The molecule has 0 heterocycles. The third kappa shape index (κ3) is 7.03. The second-order valence-corrected chi connectivity index (χ2v) is 6.18. The molecule has 0 unspecified atom stereocenters. The Bertz CT molecular complexity index is 917.